The Labute approximate surface area is 97.1 Å². The Balaban J connectivity index is 2.60. The van der Waals surface area contributed by atoms with Gasteiger partial charge in [0.15, 0.2) is 0 Å². The van der Waals surface area contributed by atoms with Gasteiger partial charge in [0, 0.05) is 17.2 Å². The lowest BCUT2D eigenvalue weighted by Crippen LogP contribution is -1.98. The SMILES string of the molecule is COc1ncnc(-c2ccc(F)cc2F)c1C. The zero-order valence-electron chi connectivity index (χ0n) is 9.37. The van der Waals surface area contributed by atoms with Gasteiger partial charge in [-0.05, 0) is 19.1 Å². The minimum absolute atomic E-state index is 0.226. The molecule has 3 nitrogen and oxygen atoms in total. The minimum atomic E-state index is -0.658. The number of rotatable bonds is 2. The van der Waals surface area contributed by atoms with Crippen molar-refractivity contribution in [2.45, 2.75) is 6.92 Å². The van der Waals surface area contributed by atoms with Gasteiger partial charge < -0.3 is 4.74 Å². The van der Waals surface area contributed by atoms with Gasteiger partial charge in [-0.25, -0.2) is 18.7 Å². The highest BCUT2D eigenvalue weighted by Gasteiger charge is 2.13. The molecule has 0 aliphatic carbocycles. The molecular weight excluding hydrogens is 226 g/mol. The van der Waals surface area contributed by atoms with Crippen molar-refractivity contribution < 1.29 is 13.5 Å². The van der Waals surface area contributed by atoms with Crippen LogP contribution in [0.3, 0.4) is 0 Å². The molecule has 0 N–H and O–H groups in total. The average Bonchev–Trinajstić information content (AvgIpc) is 2.30. The third-order valence-electron chi connectivity index (χ3n) is 2.42. The van der Waals surface area contributed by atoms with E-state index in [1.54, 1.807) is 6.92 Å². The molecule has 2 rings (SSSR count). The third-order valence-corrected chi connectivity index (χ3v) is 2.42. The van der Waals surface area contributed by atoms with Crippen molar-refractivity contribution in [3.05, 3.63) is 41.7 Å². The summed E-state index contributed by atoms with van der Waals surface area (Å²) < 4.78 is 31.4. The second-order valence-corrected chi connectivity index (χ2v) is 3.48. The Bertz CT molecular complexity index is 558. The molecule has 0 amide bonds. The Morgan fingerprint density at radius 2 is 1.94 bits per heavy atom. The number of hydrogen-bond donors (Lipinski definition) is 0. The summed E-state index contributed by atoms with van der Waals surface area (Å²) in [6.07, 6.45) is 1.28. The van der Waals surface area contributed by atoms with Gasteiger partial charge in [-0.15, -0.1) is 0 Å². The van der Waals surface area contributed by atoms with Crippen LogP contribution in [0.15, 0.2) is 24.5 Å². The molecule has 0 atom stereocenters. The first-order valence-electron chi connectivity index (χ1n) is 4.94. The second-order valence-electron chi connectivity index (χ2n) is 3.48. The Kier molecular flexibility index (Phi) is 2.99. The van der Waals surface area contributed by atoms with Crippen molar-refractivity contribution in [2.75, 3.05) is 7.11 Å². The molecule has 0 bridgehead atoms. The zero-order valence-corrected chi connectivity index (χ0v) is 9.37. The highest BCUT2D eigenvalue weighted by molar-refractivity contribution is 5.64. The monoisotopic (exact) mass is 236 g/mol. The molecular formula is C12H10F2N2O. The molecule has 88 valence electrons. The van der Waals surface area contributed by atoms with Crippen molar-refractivity contribution in [1.82, 2.24) is 9.97 Å². The van der Waals surface area contributed by atoms with E-state index in [0.29, 0.717) is 17.1 Å². The van der Waals surface area contributed by atoms with E-state index in [-0.39, 0.29) is 5.56 Å². The highest BCUT2D eigenvalue weighted by atomic mass is 19.1. The topological polar surface area (TPSA) is 35.0 Å². The quantitative estimate of drug-likeness (QED) is 0.804. The van der Waals surface area contributed by atoms with Gasteiger partial charge in [0.2, 0.25) is 5.88 Å². The fourth-order valence-corrected chi connectivity index (χ4v) is 1.59. The predicted molar refractivity (Wildman–Crippen MR) is 58.7 cm³/mol. The van der Waals surface area contributed by atoms with E-state index in [9.17, 15) is 8.78 Å². The molecule has 2 aromatic rings. The average molecular weight is 236 g/mol. The first-order valence-corrected chi connectivity index (χ1v) is 4.94. The Morgan fingerprint density at radius 1 is 1.18 bits per heavy atom. The smallest absolute Gasteiger partial charge is 0.219 e. The van der Waals surface area contributed by atoms with E-state index >= 15 is 0 Å². The first-order chi connectivity index (χ1) is 8.13. The molecule has 0 aliphatic rings. The molecule has 17 heavy (non-hydrogen) atoms. The van der Waals surface area contributed by atoms with Crippen molar-refractivity contribution in [1.29, 1.82) is 0 Å². The maximum atomic E-state index is 13.6. The summed E-state index contributed by atoms with van der Waals surface area (Å²) in [6, 6.07) is 3.36. The van der Waals surface area contributed by atoms with Crippen LogP contribution in [0.2, 0.25) is 0 Å². The van der Waals surface area contributed by atoms with E-state index in [0.717, 1.165) is 6.07 Å². The lowest BCUT2D eigenvalue weighted by atomic mass is 10.1. The number of hydrogen-bond acceptors (Lipinski definition) is 3. The van der Waals surface area contributed by atoms with E-state index in [1.807, 2.05) is 0 Å². The van der Waals surface area contributed by atoms with Crippen LogP contribution in [-0.2, 0) is 0 Å². The molecule has 5 heteroatoms. The summed E-state index contributed by atoms with van der Waals surface area (Å²) in [5.41, 5.74) is 1.24. The maximum absolute atomic E-state index is 13.6. The van der Waals surface area contributed by atoms with Gasteiger partial charge in [-0.2, -0.15) is 0 Å². The van der Waals surface area contributed by atoms with Crippen molar-refractivity contribution >= 4 is 0 Å². The molecule has 0 saturated carbocycles. The molecule has 1 aromatic carbocycles. The lowest BCUT2D eigenvalue weighted by molar-refractivity contribution is 0.393. The highest BCUT2D eigenvalue weighted by Crippen LogP contribution is 2.28. The number of ether oxygens (including phenoxy) is 1. The van der Waals surface area contributed by atoms with Gasteiger partial charge >= 0.3 is 0 Å². The molecule has 0 saturated heterocycles. The van der Waals surface area contributed by atoms with E-state index in [4.69, 9.17) is 4.74 Å². The van der Waals surface area contributed by atoms with E-state index in [2.05, 4.69) is 9.97 Å². The summed E-state index contributed by atoms with van der Waals surface area (Å²) in [4.78, 5) is 7.89. The van der Waals surface area contributed by atoms with Crippen LogP contribution in [0.25, 0.3) is 11.3 Å². The van der Waals surface area contributed by atoms with E-state index in [1.165, 1.54) is 25.6 Å². The summed E-state index contributed by atoms with van der Waals surface area (Å²) in [5.74, 6) is -0.905. The van der Waals surface area contributed by atoms with Crippen LogP contribution >= 0.6 is 0 Å². The van der Waals surface area contributed by atoms with Gasteiger partial charge in [0.1, 0.15) is 18.0 Å². The Morgan fingerprint density at radius 3 is 2.59 bits per heavy atom. The molecule has 1 aromatic heterocycles. The summed E-state index contributed by atoms with van der Waals surface area (Å²) in [6.45, 7) is 1.72. The summed E-state index contributed by atoms with van der Waals surface area (Å²) in [5, 5.41) is 0. The van der Waals surface area contributed by atoms with Crippen LogP contribution in [0.5, 0.6) is 5.88 Å². The standard InChI is InChI=1S/C12H10F2N2O/c1-7-11(15-6-16-12(7)17-2)9-4-3-8(13)5-10(9)14/h3-6H,1-2H3. The summed E-state index contributed by atoms with van der Waals surface area (Å²) in [7, 11) is 1.47. The fraction of sp³-hybridized carbons (Fsp3) is 0.167. The predicted octanol–water partition coefficient (Wildman–Crippen LogP) is 2.74. The van der Waals surface area contributed by atoms with Gasteiger partial charge in [-0.1, -0.05) is 0 Å². The van der Waals surface area contributed by atoms with Crippen molar-refractivity contribution in [3.8, 4) is 17.1 Å². The van der Waals surface area contributed by atoms with Crippen LogP contribution in [0.1, 0.15) is 5.56 Å². The normalized spacial score (nSPS) is 10.4. The number of benzene rings is 1. The number of methoxy groups -OCH3 is 1. The molecule has 0 fully saturated rings. The number of nitrogens with zero attached hydrogens (tertiary/aromatic N) is 2. The largest absolute Gasteiger partial charge is 0.481 e. The maximum Gasteiger partial charge on any atom is 0.219 e. The fourth-order valence-electron chi connectivity index (χ4n) is 1.59. The minimum Gasteiger partial charge on any atom is -0.481 e. The van der Waals surface area contributed by atoms with Gasteiger partial charge in [-0.3, -0.25) is 0 Å². The van der Waals surface area contributed by atoms with Crippen molar-refractivity contribution in [2.24, 2.45) is 0 Å². The third kappa shape index (κ3) is 2.08. The van der Waals surface area contributed by atoms with Crippen LogP contribution in [0, 0.1) is 18.6 Å². The van der Waals surface area contributed by atoms with Crippen molar-refractivity contribution in [3.63, 3.8) is 0 Å². The second kappa shape index (κ2) is 4.45. The zero-order chi connectivity index (χ0) is 12.4. The first kappa shape index (κ1) is 11.4. The lowest BCUT2D eigenvalue weighted by Gasteiger charge is -2.08. The number of halogens is 2. The molecule has 1 heterocycles. The van der Waals surface area contributed by atoms with Crippen LogP contribution < -0.4 is 4.74 Å². The summed E-state index contributed by atoms with van der Waals surface area (Å²) >= 11 is 0. The van der Waals surface area contributed by atoms with Crippen LogP contribution in [-0.4, -0.2) is 17.1 Å². The van der Waals surface area contributed by atoms with Crippen LogP contribution in [0.4, 0.5) is 8.78 Å². The molecule has 0 radical (unpaired) electrons. The number of aromatic nitrogens is 2. The molecule has 0 aliphatic heterocycles. The molecule has 0 spiro atoms. The van der Waals surface area contributed by atoms with Gasteiger partial charge in [0.25, 0.3) is 0 Å². The van der Waals surface area contributed by atoms with E-state index < -0.39 is 11.6 Å². The molecule has 0 unspecified atom stereocenters. The Hall–Kier alpha value is -2.04. The van der Waals surface area contributed by atoms with Gasteiger partial charge in [0.05, 0.1) is 12.8 Å².